The maximum atomic E-state index is 12.8. The molecule has 2 aromatic rings. The number of carbonyl (C=O) groups is 1. The normalized spacial score (nSPS) is 23.3. The number of nitriles is 1. The van der Waals surface area contributed by atoms with Gasteiger partial charge in [0.25, 0.3) is 12.1 Å². The molecule has 1 amide bonds. The number of aromatic nitrogens is 3. The lowest BCUT2D eigenvalue weighted by atomic mass is 10.1. The van der Waals surface area contributed by atoms with Crippen LogP contribution in [0.25, 0.3) is 0 Å². The van der Waals surface area contributed by atoms with E-state index >= 15 is 0 Å². The van der Waals surface area contributed by atoms with Crippen LogP contribution in [-0.2, 0) is 16.1 Å². The third-order valence-electron chi connectivity index (χ3n) is 5.74. The molecule has 0 radical (unpaired) electrons. The smallest absolute Gasteiger partial charge is 0.490 e. The van der Waals surface area contributed by atoms with Crippen LogP contribution in [0.5, 0.6) is 11.5 Å². The van der Waals surface area contributed by atoms with Crippen molar-refractivity contribution in [3.8, 4) is 17.7 Å². The van der Waals surface area contributed by atoms with E-state index in [0.717, 1.165) is 25.0 Å². The molecule has 3 heterocycles. The number of likely N-dealkylation sites (tertiary alicyclic amines) is 1. The van der Waals surface area contributed by atoms with E-state index in [0.29, 0.717) is 19.5 Å². The molecular weight excluding hydrogens is 485 g/mol. The molecule has 3 aliphatic rings. The summed E-state index contributed by atoms with van der Waals surface area (Å²) >= 11 is 0. The van der Waals surface area contributed by atoms with Gasteiger partial charge in [0.1, 0.15) is 11.5 Å². The topological polar surface area (TPSA) is 139 Å². The first kappa shape index (κ1) is 23.5. The van der Waals surface area contributed by atoms with Gasteiger partial charge in [-0.1, -0.05) is 5.21 Å². The zero-order chi connectivity index (χ0) is 25.3. The number of amides is 1. The zero-order valence-corrected chi connectivity index (χ0v) is 18.7. The quantitative estimate of drug-likeness (QED) is 0.503. The molecule has 36 heavy (non-hydrogen) atoms. The van der Waals surface area contributed by atoms with Crippen LogP contribution in [0.1, 0.15) is 24.8 Å². The van der Waals surface area contributed by atoms with Crippen molar-refractivity contribution in [2.45, 2.75) is 56.6 Å². The summed E-state index contributed by atoms with van der Waals surface area (Å²) in [7, 11) is 0. The van der Waals surface area contributed by atoms with Crippen LogP contribution in [0.15, 0.2) is 35.7 Å². The molecule has 2 aliphatic heterocycles. The van der Waals surface area contributed by atoms with Gasteiger partial charge in [-0.25, -0.2) is 0 Å². The summed E-state index contributed by atoms with van der Waals surface area (Å²) in [5, 5.41) is 23.9. The molecule has 3 atom stereocenters. The average Bonchev–Trinajstić information content (AvgIpc) is 3.20. The Kier molecular flexibility index (Phi) is 6.17. The van der Waals surface area contributed by atoms with Crippen LogP contribution in [-0.4, -0.2) is 69.0 Å². The minimum Gasteiger partial charge on any atom is -0.490 e. The lowest BCUT2D eigenvalue weighted by Gasteiger charge is -2.17. The van der Waals surface area contributed by atoms with Crippen molar-refractivity contribution in [3.63, 3.8) is 0 Å². The second kappa shape index (κ2) is 9.44. The third kappa shape index (κ3) is 5.53. The first-order valence-electron chi connectivity index (χ1n) is 11.1. The number of hydrogen-bond acceptors (Lipinski definition) is 10. The molecule has 5 rings (SSSR count). The maximum Gasteiger partial charge on any atom is 0.573 e. The third-order valence-corrected chi connectivity index (χ3v) is 5.74. The Bertz CT molecular complexity index is 1180. The fourth-order valence-corrected chi connectivity index (χ4v) is 4.00. The molecule has 1 aromatic heterocycles. The number of halogens is 3. The summed E-state index contributed by atoms with van der Waals surface area (Å²) in [6.45, 7) is 0.740. The molecule has 1 saturated heterocycles. The minimum atomic E-state index is -4.88. The molecular formula is C21H21F3N8O4. The van der Waals surface area contributed by atoms with Gasteiger partial charge < -0.3 is 24.4 Å². The van der Waals surface area contributed by atoms with E-state index in [1.54, 1.807) is 15.8 Å². The SMILES string of the molecule is N#CN1C[C@H](NC(=O)C2NN=C(c3cc(OC(F)(F)F)ccc3OC3CC3)O2)C[C@H]1Cn1ccnn1. The van der Waals surface area contributed by atoms with Crippen molar-refractivity contribution in [1.82, 2.24) is 30.6 Å². The van der Waals surface area contributed by atoms with Gasteiger partial charge in [-0.2, -0.15) is 5.26 Å². The first-order chi connectivity index (χ1) is 17.3. The molecule has 2 N–H and O–H groups in total. The first-order valence-corrected chi connectivity index (χ1v) is 11.1. The second-order valence-electron chi connectivity index (χ2n) is 8.54. The zero-order valence-electron chi connectivity index (χ0n) is 18.7. The van der Waals surface area contributed by atoms with Crippen molar-refractivity contribution in [2.75, 3.05) is 6.54 Å². The summed E-state index contributed by atoms with van der Waals surface area (Å²) < 4.78 is 55.1. The number of benzene rings is 1. The van der Waals surface area contributed by atoms with E-state index in [9.17, 15) is 23.2 Å². The van der Waals surface area contributed by atoms with Gasteiger partial charge in [-0.3, -0.25) is 14.9 Å². The van der Waals surface area contributed by atoms with Gasteiger partial charge in [0.2, 0.25) is 5.90 Å². The Labute approximate surface area is 202 Å². The Morgan fingerprint density at radius 2 is 2.19 bits per heavy atom. The lowest BCUT2D eigenvalue weighted by molar-refractivity contribution is -0.274. The second-order valence-corrected chi connectivity index (χ2v) is 8.54. The van der Waals surface area contributed by atoms with E-state index in [-0.39, 0.29) is 35.4 Å². The highest BCUT2D eigenvalue weighted by molar-refractivity contribution is 6.00. The number of alkyl halides is 3. The van der Waals surface area contributed by atoms with Crippen LogP contribution < -0.4 is 20.2 Å². The molecule has 0 bridgehead atoms. The summed E-state index contributed by atoms with van der Waals surface area (Å²) in [6.07, 6.45) is 1.37. The minimum absolute atomic E-state index is 0.0388. The van der Waals surface area contributed by atoms with Crippen LogP contribution in [0.3, 0.4) is 0 Å². The van der Waals surface area contributed by atoms with Crippen molar-refractivity contribution < 1.29 is 32.2 Å². The van der Waals surface area contributed by atoms with Crippen LogP contribution in [0, 0.1) is 11.5 Å². The Morgan fingerprint density at radius 1 is 1.36 bits per heavy atom. The van der Waals surface area contributed by atoms with Crippen molar-refractivity contribution in [1.29, 1.82) is 5.26 Å². The van der Waals surface area contributed by atoms with E-state index in [4.69, 9.17) is 9.47 Å². The van der Waals surface area contributed by atoms with E-state index in [1.165, 1.54) is 12.3 Å². The summed E-state index contributed by atoms with van der Waals surface area (Å²) in [4.78, 5) is 14.4. The predicted molar refractivity (Wildman–Crippen MR) is 114 cm³/mol. The largest absolute Gasteiger partial charge is 0.573 e. The highest BCUT2D eigenvalue weighted by Gasteiger charge is 2.37. The number of hydrogen-bond donors (Lipinski definition) is 2. The van der Waals surface area contributed by atoms with E-state index in [2.05, 4.69) is 37.1 Å². The van der Waals surface area contributed by atoms with Crippen molar-refractivity contribution >= 4 is 11.8 Å². The molecule has 190 valence electrons. The molecule has 1 unspecified atom stereocenters. The lowest BCUT2D eigenvalue weighted by Crippen LogP contribution is -2.46. The molecule has 1 aliphatic carbocycles. The maximum absolute atomic E-state index is 12.8. The van der Waals surface area contributed by atoms with E-state index in [1.807, 2.05) is 0 Å². The number of carbonyl (C=O) groups excluding carboxylic acids is 1. The van der Waals surface area contributed by atoms with Gasteiger partial charge in [-0.05, 0) is 37.5 Å². The highest BCUT2D eigenvalue weighted by Crippen LogP contribution is 2.34. The van der Waals surface area contributed by atoms with Gasteiger partial charge in [0.15, 0.2) is 6.19 Å². The molecule has 1 aromatic carbocycles. The molecule has 0 spiro atoms. The van der Waals surface area contributed by atoms with Crippen LogP contribution >= 0.6 is 0 Å². The standard InChI is InChI=1S/C21H21F3N8O4/c22-21(23,24)36-15-3-4-17(34-14-1-2-14)16(8-15)19-28-29-20(35-19)18(33)27-12-7-13(31(9-12)11-25)10-32-6-5-26-30-32/h3-6,8,12-14,20,29H,1-2,7,9-10H2,(H,27,33)/t12-,13+,20?/m1/s1. The molecule has 12 nitrogen and oxygen atoms in total. The number of rotatable bonds is 8. The number of nitrogens with zero attached hydrogens (tertiary/aromatic N) is 6. The highest BCUT2D eigenvalue weighted by atomic mass is 19.4. The van der Waals surface area contributed by atoms with Crippen LogP contribution in [0.2, 0.25) is 0 Å². The average molecular weight is 506 g/mol. The van der Waals surface area contributed by atoms with Crippen LogP contribution in [0.4, 0.5) is 13.2 Å². The molecule has 2 fully saturated rings. The van der Waals surface area contributed by atoms with Gasteiger partial charge >= 0.3 is 6.36 Å². The summed E-state index contributed by atoms with van der Waals surface area (Å²) in [5.74, 6) is -0.844. The van der Waals surface area contributed by atoms with Gasteiger partial charge in [0.05, 0.1) is 30.5 Å². The van der Waals surface area contributed by atoms with E-state index < -0.39 is 24.2 Å². The van der Waals surface area contributed by atoms with Gasteiger partial charge in [0, 0.05) is 18.8 Å². The number of nitrogens with one attached hydrogen (secondary N) is 2. The fraction of sp³-hybridized carbons (Fsp3) is 0.476. The predicted octanol–water partition coefficient (Wildman–Crippen LogP) is 1.07. The number of hydrazone groups is 1. The Morgan fingerprint density at radius 3 is 2.89 bits per heavy atom. The Balaban J connectivity index is 1.22. The molecule has 15 heteroatoms. The fourth-order valence-electron chi connectivity index (χ4n) is 4.00. The van der Waals surface area contributed by atoms with Gasteiger partial charge in [-0.15, -0.1) is 23.4 Å². The number of ether oxygens (including phenoxy) is 3. The monoisotopic (exact) mass is 506 g/mol. The molecule has 1 saturated carbocycles. The Hall–Kier alpha value is -4.22. The summed E-state index contributed by atoms with van der Waals surface area (Å²) in [6, 6.07) is 3.07. The van der Waals surface area contributed by atoms with Crippen molar-refractivity contribution in [3.05, 3.63) is 36.2 Å². The summed E-state index contributed by atoms with van der Waals surface area (Å²) in [5.41, 5.74) is 2.67. The van der Waals surface area contributed by atoms with Crippen molar-refractivity contribution in [2.24, 2.45) is 5.10 Å².